The minimum absolute atomic E-state index is 0.00690. The van der Waals surface area contributed by atoms with Gasteiger partial charge in [0.1, 0.15) is 5.57 Å². The number of thiazole rings is 1. The van der Waals surface area contributed by atoms with E-state index in [9.17, 15) is 29.8 Å². The number of carbonyl (C=O) groups excluding carboxylic acids is 2. The summed E-state index contributed by atoms with van der Waals surface area (Å²) in [6.45, 7) is 7.72. The Morgan fingerprint density at radius 3 is 1.92 bits per heavy atom. The molecule has 2 heterocycles. The molecule has 0 saturated carbocycles. The first-order valence-corrected chi connectivity index (χ1v) is 16.5. The van der Waals surface area contributed by atoms with Crippen LogP contribution in [-0.4, -0.2) is 31.8 Å². The van der Waals surface area contributed by atoms with Crippen molar-refractivity contribution >= 4 is 91.3 Å². The van der Waals surface area contributed by atoms with Crippen LogP contribution in [0.25, 0.3) is 16.3 Å². The second kappa shape index (κ2) is 12.7. The van der Waals surface area contributed by atoms with Crippen molar-refractivity contribution in [3.63, 3.8) is 0 Å². The van der Waals surface area contributed by atoms with Gasteiger partial charge in [-0.25, -0.2) is 4.98 Å². The van der Waals surface area contributed by atoms with Gasteiger partial charge in [-0.15, -0.1) is 11.3 Å². The largest absolute Gasteiger partial charge is 0.283 e. The molecule has 6 rings (SSSR count). The highest BCUT2D eigenvalue weighted by Gasteiger charge is 2.41. The van der Waals surface area contributed by atoms with E-state index in [1.54, 1.807) is 18.2 Å². The van der Waals surface area contributed by atoms with E-state index in [0.717, 1.165) is 34.0 Å². The highest BCUT2D eigenvalue weighted by atomic mass is 32.2. The maximum Gasteiger partial charge on any atom is 0.283 e. The van der Waals surface area contributed by atoms with Crippen LogP contribution in [0.2, 0.25) is 0 Å². The standard InChI is InChI=1S/C34H25N5O6S3/c1-18-5-8-23(13-20(18)3)36-31(40)26(32(41)37(34(36)46)24-9-6-19(2)21(4)14-24)15-22-7-12-29(28(16-22)39(44)45)47-33-35-27-11-10-25(38(42)43)17-30(27)48-33/h5-17H,1-4H3. The topological polar surface area (TPSA) is 140 Å². The summed E-state index contributed by atoms with van der Waals surface area (Å²) in [7, 11) is 0. The molecule has 1 fully saturated rings. The number of nitrogens with zero attached hydrogens (tertiary/aromatic N) is 5. The zero-order chi connectivity index (χ0) is 34.4. The first-order valence-electron chi connectivity index (χ1n) is 14.4. The molecule has 0 N–H and O–H groups in total. The lowest BCUT2D eigenvalue weighted by atomic mass is 10.0. The van der Waals surface area contributed by atoms with Crippen molar-refractivity contribution in [1.82, 2.24) is 4.98 Å². The number of aromatic nitrogens is 1. The van der Waals surface area contributed by atoms with Crippen LogP contribution < -0.4 is 9.80 Å². The molecule has 0 spiro atoms. The summed E-state index contributed by atoms with van der Waals surface area (Å²) in [5.41, 5.74) is 5.10. The third-order valence-electron chi connectivity index (χ3n) is 8.00. The van der Waals surface area contributed by atoms with Crippen molar-refractivity contribution in [2.45, 2.75) is 36.9 Å². The number of hydrogen-bond acceptors (Lipinski definition) is 10. The average Bonchev–Trinajstić information content (AvgIpc) is 3.45. The second-order valence-electron chi connectivity index (χ2n) is 11.1. The van der Waals surface area contributed by atoms with Crippen LogP contribution in [0.4, 0.5) is 22.7 Å². The number of anilines is 2. The molecule has 1 aliphatic rings. The van der Waals surface area contributed by atoms with E-state index in [1.165, 1.54) is 57.5 Å². The second-order valence-corrected chi connectivity index (χ2v) is 13.8. The van der Waals surface area contributed by atoms with Gasteiger partial charge >= 0.3 is 0 Å². The summed E-state index contributed by atoms with van der Waals surface area (Å²) in [6, 6.07) is 19.6. The Bertz CT molecular complexity index is 2190. The van der Waals surface area contributed by atoms with E-state index in [4.69, 9.17) is 12.2 Å². The van der Waals surface area contributed by atoms with E-state index in [-0.39, 0.29) is 32.5 Å². The predicted molar refractivity (Wildman–Crippen MR) is 191 cm³/mol. The van der Waals surface area contributed by atoms with Gasteiger partial charge in [-0.1, -0.05) is 30.0 Å². The quantitative estimate of drug-likeness (QED) is 0.0541. The minimum Gasteiger partial charge on any atom is -0.268 e. The Morgan fingerprint density at radius 2 is 1.38 bits per heavy atom. The van der Waals surface area contributed by atoms with Gasteiger partial charge in [0.2, 0.25) is 0 Å². The van der Waals surface area contributed by atoms with Crippen LogP contribution >= 0.6 is 35.3 Å². The molecule has 0 aliphatic carbocycles. The number of benzene rings is 4. The zero-order valence-corrected chi connectivity index (χ0v) is 28.4. The highest BCUT2D eigenvalue weighted by Crippen LogP contribution is 2.40. The molecule has 240 valence electrons. The lowest BCUT2D eigenvalue weighted by Crippen LogP contribution is -2.57. The van der Waals surface area contributed by atoms with Crippen LogP contribution in [0.5, 0.6) is 0 Å². The molecule has 14 heteroatoms. The minimum atomic E-state index is -0.655. The lowest BCUT2D eigenvalue weighted by molar-refractivity contribution is -0.387. The first-order chi connectivity index (χ1) is 22.8. The number of rotatable bonds is 7. The molecule has 1 aliphatic heterocycles. The monoisotopic (exact) mass is 695 g/mol. The molecule has 48 heavy (non-hydrogen) atoms. The van der Waals surface area contributed by atoms with Crippen LogP contribution in [-0.2, 0) is 9.59 Å². The van der Waals surface area contributed by atoms with Gasteiger partial charge in [-0.3, -0.25) is 39.6 Å². The number of hydrogen-bond donors (Lipinski definition) is 0. The number of fused-ring (bicyclic) bond motifs is 1. The van der Waals surface area contributed by atoms with Gasteiger partial charge in [0.15, 0.2) is 9.45 Å². The molecule has 0 radical (unpaired) electrons. The van der Waals surface area contributed by atoms with E-state index in [0.29, 0.717) is 25.9 Å². The lowest BCUT2D eigenvalue weighted by Gasteiger charge is -2.37. The summed E-state index contributed by atoms with van der Waals surface area (Å²) in [4.78, 5) is 57.8. The Morgan fingerprint density at radius 1 is 0.771 bits per heavy atom. The van der Waals surface area contributed by atoms with Crippen LogP contribution in [0.3, 0.4) is 0 Å². The van der Waals surface area contributed by atoms with E-state index >= 15 is 0 Å². The summed E-state index contributed by atoms with van der Waals surface area (Å²) in [5, 5.41) is 23.4. The van der Waals surface area contributed by atoms with Crippen LogP contribution in [0, 0.1) is 47.9 Å². The SMILES string of the molecule is Cc1ccc(N2C(=O)C(=Cc3ccc(Sc4nc5ccc([N+](=O)[O-])cc5s4)c([N+](=O)[O-])c3)C(=O)N(c3ccc(C)c(C)c3)C2=S)cc1C. The number of nitro groups is 2. The fourth-order valence-corrected chi connectivity index (χ4v) is 7.60. The average molecular weight is 696 g/mol. The number of thiocarbonyl (C=S) groups is 1. The zero-order valence-electron chi connectivity index (χ0n) is 25.9. The summed E-state index contributed by atoms with van der Waals surface area (Å²) >= 11 is 7.99. The fraction of sp³-hybridized carbons (Fsp3) is 0.118. The van der Waals surface area contributed by atoms with Crippen molar-refractivity contribution in [3.8, 4) is 0 Å². The molecule has 1 saturated heterocycles. The maximum absolute atomic E-state index is 14.1. The summed E-state index contributed by atoms with van der Waals surface area (Å²) in [5.74, 6) is -1.31. The van der Waals surface area contributed by atoms with Gasteiger partial charge in [0.05, 0.1) is 36.3 Å². The smallest absolute Gasteiger partial charge is 0.268 e. The number of carbonyl (C=O) groups is 2. The van der Waals surface area contributed by atoms with Gasteiger partial charge in [0, 0.05) is 18.2 Å². The summed E-state index contributed by atoms with van der Waals surface area (Å²) in [6.07, 6.45) is 1.34. The van der Waals surface area contributed by atoms with Crippen molar-refractivity contribution < 1.29 is 19.4 Å². The maximum atomic E-state index is 14.1. The van der Waals surface area contributed by atoms with E-state index in [2.05, 4.69) is 4.98 Å². The highest BCUT2D eigenvalue weighted by molar-refractivity contribution is 8.01. The van der Waals surface area contributed by atoms with Gasteiger partial charge in [-0.05, 0) is 110 Å². The summed E-state index contributed by atoms with van der Waals surface area (Å²) < 4.78 is 1.03. The Balaban J connectivity index is 1.41. The van der Waals surface area contributed by atoms with Crippen LogP contribution in [0.1, 0.15) is 27.8 Å². The van der Waals surface area contributed by atoms with Gasteiger partial charge < -0.3 is 0 Å². The molecule has 0 atom stereocenters. The molecular formula is C34H25N5O6S3. The van der Waals surface area contributed by atoms with Crippen LogP contribution in [0.15, 0.2) is 87.6 Å². The molecule has 0 bridgehead atoms. The molecule has 5 aromatic rings. The first kappa shape index (κ1) is 32.6. The number of nitro benzene ring substituents is 2. The molecule has 0 unspecified atom stereocenters. The van der Waals surface area contributed by atoms with Crippen molar-refractivity contribution in [2.75, 3.05) is 9.80 Å². The van der Waals surface area contributed by atoms with Gasteiger partial charge in [-0.2, -0.15) is 0 Å². The fourth-order valence-electron chi connectivity index (χ4n) is 5.08. The number of aryl methyl sites for hydroxylation is 4. The van der Waals surface area contributed by atoms with E-state index < -0.39 is 21.7 Å². The Labute approximate surface area is 287 Å². The normalized spacial score (nSPS) is 13.4. The van der Waals surface area contributed by atoms with Crippen molar-refractivity contribution in [3.05, 3.63) is 126 Å². The van der Waals surface area contributed by atoms with Crippen molar-refractivity contribution in [2.24, 2.45) is 0 Å². The molecule has 11 nitrogen and oxygen atoms in total. The van der Waals surface area contributed by atoms with Crippen molar-refractivity contribution in [1.29, 1.82) is 0 Å². The third-order valence-corrected chi connectivity index (χ3v) is 10.5. The molecular weight excluding hydrogens is 671 g/mol. The third kappa shape index (κ3) is 6.08. The Hall–Kier alpha value is -5.31. The Kier molecular flexibility index (Phi) is 8.64. The predicted octanol–water partition coefficient (Wildman–Crippen LogP) is 8.25. The molecule has 4 aromatic carbocycles. The molecule has 2 amide bonds. The number of non-ortho nitro benzene ring substituents is 1. The number of amides is 2. The molecule has 1 aromatic heterocycles. The van der Waals surface area contributed by atoms with E-state index in [1.807, 2.05) is 52.0 Å². The van der Waals surface area contributed by atoms with Gasteiger partial charge in [0.25, 0.3) is 23.2 Å².